The number of tetrazole rings is 1. The molecule has 35 heavy (non-hydrogen) atoms. The first-order chi connectivity index (χ1) is 16.7. The molecule has 1 aliphatic carbocycles. The van der Waals surface area contributed by atoms with Crippen molar-refractivity contribution in [1.29, 1.82) is 0 Å². The topological polar surface area (TPSA) is 79.7 Å². The lowest BCUT2D eigenvalue weighted by Gasteiger charge is -2.40. The van der Waals surface area contributed by atoms with Crippen LogP contribution in [0.15, 0.2) is 23.0 Å². The first-order valence-corrected chi connectivity index (χ1v) is 13.4. The van der Waals surface area contributed by atoms with E-state index in [1.807, 2.05) is 4.68 Å². The molecule has 0 spiro atoms. The SMILES string of the molecule is CCC[C@H](c1nnnn1C(C)(C)CC)N(Cc1cc2cc(C)c(C)cc2[nH]c1=O)C1CCCCC1. The number of pyridine rings is 1. The Morgan fingerprint density at radius 1 is 1.11 bits per heavy atom. The van der Waals surface area contributed by atoms with Gasteiger partial charge in [-0.25, -0.2) is 4.68 Å². The molecular formula is C28H42N6O. The molecule has 1 fully saturated rings. The molecule has 7 heteroatoms. The summed E-state index contributed by atoms with van der Waals surface area (Å²) in [4.78, 5) is 19.0. The summed E-state index contributed by atoms with van der Waals surface area (Å²) < 4.78 is 2.03. The number of aromatic nitrogens is 5. The number of hydrogen-bond acceptors (Lipinski definition) is 5. The highest BCUT2D eigenvalue weighted by molar-refractivity contribution is 5.80. The van der Waals surface area contributed by atoms with Crippen LogP contribution >= 0.6 is 0 Å². The van der Waals surface area contributed by atoms with Gasteiger partial charge in [-0.2, -0.15) is 0 Å². The van der Waals surface area contributed by atoms with Crippen LogP contribution in [-0.2, 0) is 12.1 Å². The first kappa shape index (κ1) is 25.5. The predicted octanol–water partition coefficient (Wildman–Crippen LogP) is 5.95. The van der Waals surface area contributed by atoms with Crippen LogP contribution in [0.4, 0.5) is 0 Å². The quantitative estimate of drug-likeness (QED) is 0.411. The van der Waals surface area contributed by atoms with Crippen molar-refractivity contribution in [2.24, 2.45) is 0 Å². The summed E-state index contributed by atoms with van der Waals surface area (Å²) in [6.45, 7) is 13.6. The number of rotatable bonds is 9. The zero-order valence-electron chi connectivity index (χ0n) is 22.4. The second kappa shape index (κ2) is 10.6. The van der Waals surface area contributed by atoms with Crippen LogP contribution in [-0.4, -0.2) is 36.1 Å². The van der Waals surface area contributed by atoms with E-state index in [2.05, 4.69) is 85.2 Å². The normalized spacial score (nSPS) is 16.3. The maximum absolute atomic E-state index is 13.3. The molecule has 4 rings (SSSR count). The van der Waals surface area contributed by atoms with E-state index in [0.29, 0.717) is 12.6 Å². The fraction of sp³-hybridized carbons (Fsp3) is 0.643. The van der Waals surface area contributed by atoms with Crippen molar-refractivity contribution < 1.29 is 0 Å². The Hall–Kier alpha value is -2.54. The number of hydrogen-bond donors (Lipinski definition) is 1. The van der Waals surface area contributed by atoms with E-state index in [1.165, 1.54) is 30.4 Å². The summed E-state index contributed by atoms with van der Waals surface area (Å²) in [5.41, 5.74) is 4.00. The van der Waals surface area contributed by atoms with Crippen LogP contribution in [0.1, 0.15) is 108 Å². The summed E-state index contributed by atoms with van der Waals surface area (Å²) in [6.07, 6.45) is 9.00. The second-order valence-corrected chi connectivity index (χ2v) is 11.0. The number of aromatic amines is 1. The number of benzene rings is 1. The van der Waals surface area contributed by atoms with Gasteiger partial charge in [0, 0.05) is 23.7 Å². The predicted molar refractivity (Wildman–Crippen MR) is 142 cm³/mol. The number of fused-ring (bicyclic) bond motifs is 1. The van der Waals surface area contributed by atoms with Crippen molar-refractivity contribution in [2.45, 2.75) is 117 Å². The summed E-state index contributed by atoms with van der Waals surface area (Å²) >= 11 is 0. The number of aryl methyl sites for hydroxylation is 2. The zero-order valence-corrected chi connectivity index (χ0v) is 22.4. The molecule has 190 valence electrons. The van der Waals surface area contributed by atoms with Gasteiger partial charge in [-0.1, -0.05) is 39.5 Å². The number of nitrogens with one attached hydrogen (secondary N) is 1. The molecule has 1 aliphatic rings. The smallest absolute Gasteiger partial charge is 0.252 e. The van der Waals surface area contributed by atoms with Crippen LogP contribution < -0.4 is 5.56 Å². The van der Waals surface area contributed by atoms with E-state index in [9.17, 15) is 4.79 Å². The minimum Gasteiger partial charge on any atom is -0.322 e. The van der Waals surface area contributed by atoms with E-state index in [-0.39, 0.29) is 17.1 Å². The molecule has 0 unspecified atom stereocenters. The molecule has 1 N–H and O–H groups in total. The average molecular weight is 479 g/mol. The molecule has 0 bridgehead atoms. The molecule has 0 saturated heterocycles. The Morgan fingerprint density at radius 2 is 1.83 bits per heavy atom. The van der Waals surface area contributed by atoms with E-state index in [0.717, 1.165) is 54.4 Å². The van der Waals surface area contributed by atoms with Crippen LogP contribution in [0, 0.1) is 13.8 Å². The van der Waals surface area contributed by atoms with Crippen molar-refractivity contribution >= 4 is 10.9 Å². The van der Waals surface area contributed by atoms with Gasteiger partial charge < -0.3 is 4.98 Å². The lowest BCUT2D eigenvalue weighted by molar-refractivity contribution is 0.0770. The van der Waals surface area contributed by atoms with Crippen LogP contribution in [0.5, 0.6) is 0 Å². The first-order valence-electron chi connectivity index (χ1n) is 13.4. The van der Waals surface area contributed by atoms with Gasteiger partial charge in [-0.05, 0) is 98.5 Å². The third-order valence-electron chi connectivity index (χ3n) is 8.12. The van der Waals surface area contributed by atoms with Crippen molar-refractivity contribution in [2.75, 3.05) is 0 Å². The number of H-pyrrole nitrogens is 1. The van der Waals surface area contributed by atoms with Crippen molar-refractivity contribution in [3.05, 3.63) is 51.1 Å². The molecule has 0 radical (unpaired) electrons. The summed E-state index contributed by atoms with van der Waals surface area (Å²) in [5, 5.41) is 14.2. The van der Waals surface area contributed by atoms with E-state index < -0.39 is 0 Å². The molecular weight excluding hydrogens is 436 g/mol. The summed E-state index contributed by atoms with van der Waals surface area (Å²) in [6, 6.07) is 6.85. The minimum atomic E-state index is -0.168. The summed E-state index contributed by atoms with van der Waals surface area (Å²) in [5.74, 6) is 0.924. The van der Waals surface area contributed by atoms with Gasteiger partial charge in [-0.15, -0.1) is 5.10 Å². The van der Waals surface area contributed by atoms with E-state index >= 15 is 0 Å². The Morgan fingerprint density at radius 3 is 2.51 bits per heavy atom. The van der Waals surface area contributed by atoms with Crippen LogP contribution in [0.3, 0.4) is 0 Å². The van der Waals surface area contributed by atoms with Gasteiger partial charge in [-0.3, -0.25) is 9.69 Å². The highest BCUT2D eigenvalue weighted by Crippen LogP contribution is 2.35. The minimum absolute atomic E-state index is 0.00490. The third-order valence-corrected chi connectivity index (χ3v) is 8.12. The molecule has 1 atom stereocenters. The van der Waals surface area contributed by atoms with Gasteiger partial charge >= 0.3 is 0 Å². The van der Waals surface area contributed by atoms with Gasteiger partial charge in [0.1, 0.15) is 0 Å². The van der Waals surface area contributed by atoms with Gasteiger partial charge in [0.15, 0.2) is 5.82 Å². The highest BCUT2D eigenvalue weighted by Gasteiger charge is 2.35. The van der Waals surface area contributed by atoms with Crippen molar-refractivity contribution in [1.82, 2.24) is 30.1 Å². The van der Waals surface area contributed by atoms with Crippen molar-refractivity contribution in [3.8, 4) is 0 Å². The maximum Gasteiger partial charge on any atom is 0.252 e. The van der Waals surface area contributed by atoms with E-state index in [4.69, 9.17) is 0 Å². The molecule has 0 aliphatic heterocycles. The Balaban J connectivity index is 1.79. The lowest BCUT2D eigenvalue weighted by Crippen LogP contribution is -2.42. The van der Waals surface area contributed by atoms with Crippen molar-refractivity contribution in [3.63, 3.8) is 0 Å². The van der Waals surface area contributed by atoms with Gasteiger partial charge in [0.25, 0.3) is 5.56 Å². The average Bonchev–Trinajstić information content (AvgIpc) is 3.34. The molecule has 0 amide bonds. The largest absolute Gasteiger partial charge is 0.322 e. The third kappa shape index (κ3) is 5.35. The van der Waals surface area contributed by atoms with Crippen LogP contribution in [0.2, 0.25) is 0 Å². The highest BCUT2D eigenvalue weighted by atomic mass is 16.1. The van der Waals surface area contributed by atoms with Gasteiger partial charge in [0.2, 0.25) is 0 Å². The molecule has 3 aromatic rings. The molecule has 2 aromatic heterocycles. The Labute approximate surface area is 209 Å². The lowest BCUT2D eigenvalue weighted by atomic mass is 9.91. The monoisotopic (exact) mass is 478 g/mol. The summed E-state index contributed by atoms with van der Waals surface area (Å²) in [7, 11) is 0. The molecule has 7 nitrogen and oxygen atoms in total. The zero-order chi connectivity index (χ0) is 25.2. The Bertz CT molecular complexity index is 1200. The maximum atomic E-state index is 13.3. The Kier molecular flexibility index (Phi) is 7.74. The fourth-order valence-electron chi connectivity index (χ4n) is 5.44. The van der Waals surface area contributed by atoms with Crippen LogP contribution in [0.25, 0.3) is 10.9 Å². The fourth-order valence-corrected chi connectivity index (χ4v) is 5.44. The molecule has 1 aromatic carbocycles. The molecule has 2 heterocycles. The van der Waals surface area contributed by atoms with Gasteiger partial charge in [0.05, 0.1) is 11.6 Å². The van der Waals surface area contributed by atoms with E-state index in [1.54, 1.807) is 0 Å². The number of nitrogens with zero attached hydrogens (tertiary/aromatic N) is 5. The molecule has 1 saturated carbocycles. The second-order valence-electron chi connectivity index (χ2n) is 11.0. The standard InChI is InChI=1S/C28H42N6O/c1-7-12-25(26-30-31-32-34(26)28(5,6)8-2)33(23-13-10-9-11-14-23)18-22-17-21-15-19(3)20(4)16-24(21)29-27(22)35/h15-17,23,25H,7-14,18H2,1-6H3,(H,29,35)/t25-/m1/s1.